The molecule has 1 fully saturated rings. The highest BCUT2D eigenvalue weighted by Crippen LogP contribution is 2.34. The van der Waals surface area contributed by atoms with Crippen molar-refractivity contribution in [3.8, 4) is 0 Å². The van der Waals surface area contributed by atoms with Crippen LogP contribution in [0.4, 0.5) is 11.5 Å². The van der Waals surface area contributed by atoms with Crippen molar-refractivity contribution < 1.29 is 20.1 Å². The molecule has 1 aliphatic heterocycles. The van der Waals surface area contributed by atoms with E-state index in [-0.39, 0.29) is 19.4 Å². The van der Waals surface area contributed by atoms with Gasteiger partial charge in [0.15, 0.2) is 5.79 Å². The van der Waals surface area contributed by atoms with Crippen LogP contribution in [0.5, 0.6) is 0 Å². The van der Waals surface area contributed by atoms with Gasteiger partial charge in [-0.2, -0.15) is 0 Å². The molecule has 0 spiro atoms. The van der Waals surface area contributed by atoms with Crippen molar-refractivity contribution in [3.63, 3.8) is 0 Å². The second-order valence-corrected chi connectivity index (χ2v) is 8.38. The molecule has 1 aromatic heterocycles. The summed E-state index contributed by atoms with van der Waals surface area (Å²) in [5.41, 5.74) is 3.06. The normalized spacial score (nSPS) is 16.1. The Labute approximate surface area is 177 Å². The number of benzene rings is 1. The molecule has 2 aromatic rings. The van der Waals surface area contributed by atoms with Gasteiger partial charge in [0, 0.05) is 50.1 Å². The first-order chi connectivity index (χ1) is 14.3. The average Bonchev–Trinajstić information content (AvgIpc) is 2.70. The van der Waals surface area contributed by atoms with Crippen molar-refractivity contribution in [2.75, 3.05) is 36.5 Å². The van der Waals surface area contributed by atoms with E-state index in [1.807, 2.05) is 12.1 Å². The van der Waals surface area contributed by atoms with E-state index in [0.29, 0.717) is 18.9 Å². The van der Waals surface area contributed by atoms with Gasteiger partial charge in [0.1, 0.15) is 12.4 Å². The number of aliphatic hydroxyl groups is 2. The van der Waals surface area contributed by atoms with Crippen molar-refractivity contribution in [1.82, 2.24) is 4.98 Å². The Morgan fingerprint density at radius 2 is 1.90 bits per heavy atom. The number of carboxylic acid groups (broad SMARTS) is 1. The van der Waals surface area contributed by atoms with Gasteiger partial charge in [-0.05, 0) is 30.5 Å². The van der Waals surface area contributed by atoms with Crippen molar-refractivity contribution in [2.24, 2.45) is 0 Å². The third kappa shape index (κ3) is 5.61. The number of aliphatic carboxylic acids is 1. The first kappa shape index (κ1) is 22.3. The van der Waals surface area contributed by atoms with Gasteiger partial charge in [0.05, 0.1) is 5.52 Å². The van der Waals surface area contributed by atoms with E-state index >= 15 is 0 Å². The number of pyridine rings is 1. The van der Waals surface area contributed by atoms with Crippen LogP contribution in [0.25, 0.3) is 10.9 Å². The number of aromatic nitrogens is 1. The molecule has 1 saturated heterocycles. The minimum atomic E-state index is -1.62. The Morgan fingerprint density at radius 3 is 2.57 bits per heavy atom. The molecule has 0 atom stereocenters. The van der Waals surface area contributed by atoms with E-state index in [0.717, 1.165) is 29.4 Å². The molecule has 0 bridgehead atoms. The fourth-order valence-corrected chi connectivity index (χ4v) is 4.00. The third-order valence-corrected chi connectivity index (χ3v) is 5.83. The van der Waals surface area contributed by atoms with Gasteiger partial charge in [-0.25, -0.2) is 4.98 Å². The predicted molar refractivity (Wildman–Crippen MR) is 119 cm³/mol. The van der Waals surface area contributed by atoms with Gasteiger partial charge in [0.25, 0.3) is 0 Å². The van der Waals surface area contributed by atoms with Crippen molar-refractivity contribution in [3.05, 3.63) is 29.8 Å². The maximum Gasteiger partial charge on any atom is 0.323 e. The topological polar surface area (TPSA) is 97.1 Å². The highest BCUT2D eigenvalue weighted by molar-refractivity contribution is 5.94. The van der Waals surface area contributed by atoms with E-state index in [1.54, 1.807) is 11.9 Å². The molecule has 7 heteroatoms. The Morgan fingerprint density at radius 1 is 1.17 bits per heavy atom. The van der Waals surface area contributed by atoms with Crippen LogP contribution in [-0.2, 0) is 11.2 Å². The van der Waals surface area contributed by atoms with Gasteiger partial charge < -0.3 is 25.1 Å². The number of fused-ring (bicyclic) bond motifs is 1. The van der Waals surface area contributed by atoms with Gasteiger partial charge in [-0.1, -0.05) is 32.3 Å². The molecule has 2 heterocycles. The number of carbonyl (C=O) groups is 1. The number of hydrogen-bond acceptors (Lipinski definition) is 6. The molecule has 3 N–H and O–H groups in total. The molecule has 0 aliphatic carbocycles. The summed E-state index contributed by atoms with van der Waals surface area (Å²) in [6.07, 6.45) is 6.40. The second-order valence-electron chi connectivity index (χ2n) is 8.38. The number of piperidine rings is 1. The molecule has 0 amide bonds. The smallest absolute Gasteiger partial charge is 0.323 e. The second kappa shape index (κ2) is 9.62. The van der Waals surface area contributed by atoms with Crippen LogP contribution >= 0.6 is 0 Å². The molecule has 30 heavy (non-hydrogen) atoms. The lowest BCUT2D eigenvalue weighted by molar-refractivity contribution is -0.172. The van der Waals surface area contributed by atoms with Gasteiger partial charge in [-0.15, -0.1) is 0 Å². The molecule has 7 nitrogen and oxygen atoms in total. The minimum absolute atomic E-state index is 0.135. The minimum Gasteiger partial charge on any atom is -0.480 e. The van der Waals surface area contributed by atoms with Crippen LogP contribution in [0.15, 0.2) is 24.3 Å². The molecule has 3 rings (SSSR count). The summed E-state index contributed by atoms with van der Waals surface area (Å²) in [6.45, 7) is 3.12. The molecule has 0 radical (unpaired) electrons. The number of anilines is 2. The maximum atomic E-state index is 11.2. The number of carboxylic acids is 1. The summed E-state index contributed by atoms with van der Waals surface area (Å²) in [4.78, 5) is 19.6. The molecule has 0 saturated carbocycles. The standard InChI is InChI=1S/C23H33N3O4/c1-3-4-5-6-7-17-8-9-19-18(14-17)20(26-12-10-23(29,30)11-13-26)15-21(24-19)25(2)16-22(27)28/h8-9,14-15,29-30H,3-7,10-13,16H2,1-2H3,(H,27,28). The number of nitrogens with zero attached hydrogens (tertiary/aromatic N) is 3. The fraction of sp³-hybridized carbons (Fsp3) is 0.565. The zero-order chi connectivity index (χ0) is 21.7. The Balaban J connectivity index is 1.95. The van der Waals surface area contributed by atoms with Crippen molar-refractivity contribution >= 4 is 28.4 Å². The monoisotopic (exact) mass is 415 g/mol. The van der Waals surface area contributed by atoms with E-state index in [2.05, 4.69) is 24.0 Å². The molecular weight excluding hydrogens is 382 g/mol. The van der Waals surface area contributed by atoms with Gasteiger partial charge in [-0.3, -0.25) is 4.79 Å². The summed E-state index contributed by atoms with van der Waals surface area (Å²) in [5.74, 6) is -1.93. The van der Waals surface area contributed by atoms with Crippen LogP contribution in [0.3, 0.4) is 0 Å². The molecule has 164 valence electrons. The van der Waals surface area contributed by atoms with E-state index < -0.39 is 11.8 Å². The number of likely N-dealkylation sites (N-methyl/N-ethyl adjacent to an activating group) is 1. The Hall–Kier alpha value is -2.38. The fourth-order valence-electron chi connectivity index (χ4n) is 4.00. The maximum absolute atomic E-state index is 11.2. The van der Waals surface area contributed by atoms with Crippen molar-refractivity contribution in [1.29, 1.82) is 0 Å². The first-order valence-corrected chi connectivity index (χ1v) is 10.9. The number of rotatable bonds is 9. The lowest BCUT2D eigenvalue weighted by Crippen LogP contribution is -2.44. The third-order valence-electron chi connectivity index (χ3n) is 5.83. The van der Waals surface area contributed by atoms with Crippen LogP contribution < -0.4 is 9.80 Å². The lowest BCUT2D eigenvalue weighted by atomic mass is 10.0. The average molecular weight is 416 g/mol. The summed E-state index contributed by atoms with van der Waals surface area (Å²) < 4.78 is 0. The Kier molecular flexibility index (Phi) is 7.15. The van der Waals surface area contributed by atoms with E-state index in [1.165, 1.54) is 24.8 Å². The largest absolute Gasteiger partial charge is 0.480 e. The van der Waals surface area contributed by atoms with Crippen LogP contribution in [0.2, 0.25) is 0 Å². The zero-order valence-corrected chi connectivity index (χ0v) is 18.0. The van der Waals surface area contributed by atoms with E-state index in [4.69, 9.17) is 10.1 Å². The number of aryl methyl sites for hydroxylation is 1. The van der Waals surface area contributed by atoms with Gasteiger partial charge >= 0.3 is 5.97 Å². The quantitative estimate of drug-likeness (QED) is 0.427. The predicted octanol–water partition coefficient (Wildman–Crippen LogP) is 3.16. The summed E-state index contributed by atoms with van der Waals surface area (Å²) in [5, 5.41) is 30.0. The number of hydrogen-bond donors (Lipinski definition) is 3. The molecule has 1 aliphatic rings. The lowest BCUT2D eigenvalue weighted by Gasteiger charge is -2.37. The highest BCUT2D eigenvalue weighted by atomic mass is 16.5. The van der Waals surface area contributed by atoms with Gasteiger partial charge in [0.2, 0.25) is 0 Å². The highest BCUT2D eigenvalue weighted by Gasteiger charge is 2.30. The zero-order valence-electron chi connectivity index (χ0n) is 18.0. The molecule has 1 aromatic carbocycles. The van der Waals surface area contributed by atoms with E-state index in [9.17, 15) is 15.0 Å². The summed E-state index contributed by atoms with van der Waals surface area (Å²) >= 11 is 0. The molecular formula is C23H33N3O4. The summed E-state index contributed by atoms with van der Waals surface area (Å²) in [7, 11) is 1.72. The van der Waals surface area contributed by atoms with Crippen molar-refractivity contribution in [2.45, 2.75) is 57.7 Å². The Bertz CT molecular complexity index is 874. The molecule has 0 unspecified atom stereocenters. The van der Waals surface area contributed by atoms with Crippen LogP contribution in [0.1, 0.15) is 51.0 Å². The van der Waals surface area contributed by atoms with Crippen LogP contribution in [-0.4, -0.2) is 58.7 Å². The van der Waals surface area contributed by atoms with Crippen LogP contribution in [0, 0.1) is 0 Å². The summed E-state index contributed by atoms with van der Waals surface area (Å²) in [6, 6.07) is 8.23. The first-order valence-electron chi connectivity index (χ1n) is 10.9. The number of unbranched alkanes of at least 4 members (excludes halogenated alkanes) is 3. The SMILES string of the molecule is CCCCCCc1ccc2nc(N(C)CC(=O)O)cc(N3CCC(O)(O)CC3)c2c1.